The summed E-state index contributed by atoms with van der Waals surface area (Å²) in [6.45, 7) is 42.4. The van der Waals surface area contributed by atoms with Crippen LogP contribution in [-0.4, -0.2) is 15.3 Å². The molecule has 56 heavy (non-hydrogen) atoms. The Labute approximate surface area is 340 Å². The summed E-state index contributed by atoms with van der Waals surface area (Å²) in [7, 11) is -4.44. The molecule has 0 fully saturated rings. The molecule has 7 nitrogen and oxygen atoms in total. The van der Waals surface area contributed by atoms with Crippen molar-refractivity contribution in [3.8, 4) is 17.2 Å². The van der Waals surface area contributed by atoms with E-state index >= 15 is 4.57 Å². The second-order valence-corrected chi connectivity index (χ2v) is 23.6. The first-order chi connectivity index (χ1) is 24.9. The maximum atomic E-state index is 15.4. The van der Waals surface area contributed by atoms with Crippen molar-refractivity contribution in [2.75, 3.05) is 0 Å². The fourth-order valence-electron chi connectivity index (χ4n) is 6.94. The molecule has 3 N–H and O–H groups in total. The third kappa shape index (κ3) is 11.0. The summed E-state index contributed by atoms with van der Waals surface area (Å²) < 4.78 is 35.1. The van der Waals surface area contributed by atoms with Gasteiger partial charge in [-0.25, -0.2) is 4.57 Å². The van der Waals surface area contributed by atoms with E-state index in [4.69, 9.17) is 13.6 Å². The molecule has 3 rings (SSSR count). The lowest BCUT2D eigenvalue weighted by molar-refractivity contribution is 0.0419. The molecule has 0 saturated heterocycles. The largest absolute Gasteiger partial charge is 0.507 e. The van der Waals surface area contributed by atoms with Gasteiger partial charge in [0.1, 0.15) is 17.2 Å². The van der Waals surface area contributed by atoms with E-state index in [2.05, 4.69) is 125 Å². The van der Waals surface area contributed by atoms with Gasteiger partial charge in [-0.1, -0.05) is 125 Å². The van der Waals surface area contributed by atoms with E-state index < -0.39 is 26.1 Å². The first-order valence-corrected chi connectivity index (χ1v) is 21.6. The standard InChI is InChI=1S/C48H75O7P/c1-28(31-22-34(43(4,5)6)40(49)35(23-31)44(7,8)9)53-56(52,54-29(2)32-24-36(45(10,11)12)41(50)37(25-32)46(13,14)15)55-30(3)33-26-38(47(16,17)18)42(51)39(27-33)48(19,20)21/h22-30,49-51H,1-21H3. The summed E-state index contributed by atoms with van der Waals surface area (Å²) in [5.41, 5.74) is 4.43. The van der Waals surface area contributed by atoms with Crippen molar-refractivity contribution in [1.29, 1.82) is 0 Å². The maximum absolute atomic E-state index is 15.4. The number of phosphoric ester groups is 1. The van der Waals surface area contributed by atoms with Gasteiger partial charge in [-0.2, -0.15) is 0 Å². The Balaban J connectivity index is 2.29. The van der Waals surface area contributed by atoms with Crippen molar-refractivity contribution in [3.63, 3.8) is 0 Å². The van der Waals surface area contributed by atoms with Crippen LogP contribution < -0.4 is 0 Å². The zero-order valence-corrected chi connectivity index (χ0v) is 39.5. The highest BCUT2D eigenvalue weighted by molar-refractivity contribution is 7.48. The summed E-state index contributed by atoms with van der Waals surface area (Å²) in [6, 6.07) is 11.5. The second-order valence-electron chi connectivity index (χ2n) is 22.1. The molecule has 0 aliphatic heterocycles. The normalized spacial score (nSPS) is 16.4. The van der Waals surface area contributed by atoms with Crippen molar-refractivity contribution >= 4 is 7.82 Å². The summed E-state index contributed by atoms with van der Waals surface area (Å²) >= 11 is 0. The number of phenolic OH excluding ortho intramolecular Hbond substituents is 3. The molecule has 0 radical (unpaired) electrons. The minimum absolute atomic E-state index is 0.243. The SMILES string of the molecule is CC(OP(=O)(OC(C)c1cc(C(C)(C)C)c(O)c(C(C)(C)C)c1)OC(C)c1cc(C(C)(C)C)c(O)c(C(C)(C)C)c1)c1cc(C(C)(C)C)c(O)c(C(C)(C)C)c1. The summed E-state index contributed by atoms with van der Waals surface area (Å²) in [5.74, 6) is 0.728. The van der Waals surface area contributed by atoms with E-state index in [1.54, 1.807) is 0 Å². The minimum atomic E-state index is -4.44. The molecule has 0 aromatic heterocycles. The Kier molecular flexibility index (Phi) is 13.4. The van der Waals surface area contributed by atoms with Crippen molar-refractivity contribution in [2.24, 2.45) is 0 Å². The lowest BCUT2D eigenvalue weighted by Crippen LogP contribution is -2.19. The van der Waals surface area contributed by atoms with Gasteiger partial charge >= 0.3 is 7.82 Å². The molecule has 0 bridgehead atoms. The maximum Gasteiger partial charge on any atom is 0.476 e. The predicted molar refractivity (Wildman–Crippen MR) is 233 cm³/mol. The van der Waals surface area contributed by atoms with Gasteiger partial charge in [0.15, 0.2) is 0 Å². The topological polar surface area (TPSA) is 105 Å². The molecule has 0 aliphatic rings. The first-order valence-electron chi connectivity index (χ1n) is 20.2. The number of phenols is 3. The third-order valence-corrected chi connectivity index (χ3v) is 12.2. The van der Waals surface area contributed by atoms with Crippen molar-refractivity contribution in [3.05, 3.63) is 86.5 Å². The zero-order chi connectivity index (χ0) is 43.5. The predicted octanol–water partition coefficient (Wildman–Crippen LogP) is 14.3. The molecule has 0 aliphatic carbocycles. The van der Waals surface area contributed by atoms with Crippen LogP contribution in [0.15, 0.2) is 36.4 Å². The summed E-state index contributed by atoms with van der Waals surface area (Å²) in [5, 5.41) is 34.4. The van der Waals surface area contributed by atoms with E-state index in [-0.39, 0.29) is 49.7 Å². The van der Waals surface area contributed by atoms with Gasteiger partial charge in [0.05, 0.1) is 18.3 Å². The summed E-state index contributed by atoms with van der Waals surface area (Å²) in [6.07, 6.45) is -2.31. The van der Waals surface area contributed by atoms with Crippen LogP contribution in [0.4, 0.5) is 0 Å². The van der Waals surface area contributed by atoms with Crippen molar-refractivity contribution in [1.82, 2.24) is 0 Å². The van der Waals surface area contributed by atoms with Gasteiger partial charge in [0, 0.05) is 0 Å². The number of hydrogen-bond acceptors (Lipinski definition) is 7. The van der Waals surface area contributed by atoms with Crippen LogP contribution in [0.3, 0.4) is 0 Å². The number of aromatic hydroxyl groups is 3. The van der Waals surface area contributed by atoms with Gasteiger partial charge in [0.25, 0.3) is 0 Å². The van der Waals surface area contributed by atoms with Crippen LogP contribution in [0.2, 0.25) is 0 Å². The highest BCUT2D eigenvalue weighted by Gasteiger charge is 2.39. The number of phosphoric acid groups is 1. The number of hydrogen-bond donors (Lipinski definition) is 3. The van der Waals surface area contributed by atoms with Gasteiger partial charge in [-0.05, 0) is 140 Å². The molecule has 0 saturated carbocycles. The average Bonchev–Trinajstić information content (AvgIpc) is 2.97. The van der Waals surface area contributed by atoms with Crippen LogP contribution in [0, 0.1) is 0 Å². The summed E-state index contributed by atoms with van der Waals surface area (Å²) in [4.78, 5) is 0. The molecule has 0 spiro atoms. The van der Waals surface area contributed by atoms with E-state index in [1.165, 1.54) is 0 Å². The molecule has 3 aromatic rings. The fraction of sp³-hybridized carbons (Fsp3) is 0.625. The molecule has 3 atom stereocenters. The minimum Gasteiger partial charge on any atom is -0.507 e. The van der Waals surface area contributed by atoms with E-state index in [1.807, 2.05) is 57.2 Å². The molecule has 0 heterocycles. The highest BCUT2D eigenvalue weighted by atomic mass is 31.2. The Hall–Kier alpha value is -2.83. The second kappa shape index (κ2) is 15.7. The molecule has 3 unspecified atom stereocenters. The van der Waals surface area contributed by atoms with Crippen LogP contribution >= 0.6 is 7.82 Å². The highest BCUT2D eigenvalue weighted by Crippen LogP contribution is 2.60. The van der Waals surface area contributed by atoms with Crippen LogP contribution in [-0.2, 0) is 50.6 Å². The van der Waals surface area contributed by atoms with E-state index in [0.717, 1.165) is 50.1 Å². The van der Waals surface area contributed by atoms with Gasteiger partial charge in [-0.3, -0.25) is 13.6 Å². The molecular formula is C48H75O7P. The molecular weight excluding hydrogens is 719 g/mol. The van der Waals surface area contributed by atoms with Crippen LogP contribution in [0.1, 0.15) is 214 Å². The Morgan fingerprint density at radius 3 is 0.643 bits per heavy atom. The fourth-order valence-corrected chi connectivity index (χ4v) is 8.62. The van der Waals surface area contributed by atoms with Gasteiger partial charge in [-0.15, -0.1) is 0 Å². The molecule has 8 heteroatoms. The smallest absolute Gasteiger partial charge is 0.476 e. The number of benzene rings is 3. The molecule has 3 aromatic carbocycles. The Morgan fingerprint density at radius 2 is 0.518 bits per heavy atom. The quantitative estimate of drug-likeness (QED) is 0.185. The van der Waals surface area contributed by atoms with Crippen LogP contribution in [0.5, 0.6) is 17.2 Å². The molecule has 0 amide bonds. The van der Waals surface area contributed by atoms with Crippen LogP contribution in [0.25, 0.3) is 0 Å². The zero-order valence-electron chi connectivity index (χ0n) is 38.6. The van der Waals surface area contributed by atoms with Gasteiger partial charge in [0.2, 0.25) is 0 Å². The first kappa shape index (κ1) is 47.5. The van der Waals surface area contributed by atoms with Gasteiger partial charge < -0.3 is 15.3 Å². The lowest BCUT2D eigenvalue weighted by atomic mass is 9.78. The average molecular weight is 795 g/mol. The molecule has 314 valence electrons. The lowest BCUT2D eigenvalue weighted by Gasteiger charge is -2.32. The van der Waals surface area contributed by atoms with Crippen molar-refractivity contribution in [2.45, 2.75) is 196 Å². The van der Waals surface area contributed by atoms with Crippen molar-refractivity contribution < 1.29 is 33.5 Å². The Morgan fingerprint density at radius 1 is 0.375 bits per heavy atom. The third-order valence-electron chi connectivity index (χ3n) is 10.5. The number of rotatable bonds is 9. The Bertz CT molecular complexity index is 1610. The monoisotopic (exact) mass is 795 g/mol. The van der Waals surface area contributed by atoms with E-state index in [0.29, 0.717) is 0 Å². The van der Waals surface area contributed by atoms with E-state index in [9.17, 15) is 15.3 Å².